The zero-order valence-corrected chi connectivity index (χ0v) is 14.6. The highest BCUT2D eigenvalue weighted by atomic mass is 16.6. The lowest BCUT2D eigenvalue weighted by Gasteiger charge is -2.44. The molecule has 3 heterocycles. The molecule has 1 atom stereocenters. The Morgan fingerprint density at radius 2 is 2.08 bits per heavy atom. The van der Waals surface area contributed by atoms with Crippen molar-refractivity contribution < 1.29 is 14.3 Å². The molecule has 136 valence electrons. The third-order valence-corrected chi connectivity index (χ3v) is 5.38. The molecule has 0 bridgehead atoms. The van der Waals surface area contributed by atoms with Gasteiger partial charge in [-0.3, -0.25) is 19.1 Å². The molecule has 2 aliphatic rings. The fourth-order valence-electron chi connectivity index (χ4n) is 3.74. The van der Waals surface area contributed by atoms with Crippen molar-refractivity contribution in [2.45, 2.75) is 25.4 Å². The number of carbonyl (C=O) groups excluding carboxylic acids is 2. The second kappa shape index (κ2) is 6.12. The zero-order chi connectivity index (χ0) is 18.3. The molecule has 2 aromatic rings. The Morgan fingerprint density at radius 3 is 2.88 bits per heavy atom. The van der Waals surface area contributed by atoms with Gasteiger partial charge in [-0.2, -0.15) is 0 Å². The van der Waals surface area contributed by atoms with Crippen LogP contribution in [0.5, 0.6) is 0 Å². The van der Waals surface area contributed by atoms with Gasteiger partial charge in [0.25, 0.3) is 5.56 Å². The van der Waals surface area contributed by atoms with Gasteiger partial charge >= 0.3 is 6.09 Å². The standard InChI is InChI=1S/C18H20N4O4/c1-2-18-10-20(7-8-22(18)17(25)26-11-18)15(23)9-21-12-19-14-6-4-3-5-13(14)16(21)24/h3-6,12H,2,7-11H2,1H3. The van der Waals surface area contributed by atoms with Crippen molar-refractivity contribution in [1.82, 2.24) is 19.4 Å². The summed E-state index contributed by atoms with van der Waals surface area (Å²) in [5.41, 5.74) is -0.0778. The Kier molecular flexibility index (Phi) is 3.90. The van der Waals surface area contributed by atoms with E-state index in [1.807, 2.05) is 13.0 Å². The molecule has 2 fully saturated rings. The number of hydrogen-bond donors (Lipinski definition) is 0. The van der Waals surface area contributed by atoms with Crippen LogP contribution < -0.4 is 5.56 Å². The van der Waals surface area contributed by atoms with E-state index in [9.17, 15) is 14.4 Å². The van der Waals surface area contributed by atoms with E-state index in [2.05, 4.69) is 4.98 Å². The van der Waals surface area contributed by atoms with E-state index in [4.69, 9.17) is 4.74 Å². The molecule has 0 N–H and O–H groups in total. The van der Waals surface area contributed by atoms with Crippen LogP contribution in [0.15, 0.2) is 35.4 Å². The van der Waals surface area contributed by atoms with E-state index in [0.717, 1.165) is 0 Å². The fourth-order valence-corrected chi connectivity index (χ4v) is 3.74. The first-order valence-electron chi connectivity index (χ1n) is 8.70. The molecule has 0 spiro atoms. The first-order valence-corrected chi connectivity index (χ1v) is 8.70. The van der Waals surface area contributed by atoms with Crippen LogP contribution in [0.1, 0.15) is 13.3 Å². The maximum Gasteiger partial charge on any atom is 0.410 e. The van der Waals surface area contributed by atoms with Crippen LogP contribution in [0.4, 0.5) is 4.79 Å². The Balaban J connectivity index is 1.55. The normalized spacial score (nSPS) is 22.4. The summed E-state index contributed by atoms with van der Waals surface area (Å²) in [6, 6.07) is 7.07. The van der Waals surface area contributed by atoms with Gasteiger partial charge in [0.1, 0.15) is 13.2 Å². The number of piperazine rings is 1. The summed E-state index contributed by atoms with van der Waals surface area (Å²) in [7, 11) is 0. The number of benzene rings is 1. The van der Waals surface area contributed by atoms with Gasteiger partial charge in [-0.05, 0) is 18.6 Å². The van der Waals surface area contributed by atoms with Crippen molar-refractivity contribution in [2.24, 2.45) is 0 Å². The van der Waals surface area contributed by atoms with E-state index < -0.39 is 5.54 Å². The van der Waals surface area contributed by atoms with Crippen molar-refractivity contribution in [3.05, 3.63) is 40.9 Å². The van der Waals surface area contributed by atoms with Crippen molar-refractivity contribution in [2.75, 3.05) is 26.2 Å². The number of ether oxygens (including phenoxy) is 1. The predicted octanol–water partition coefficient (Wildman–Crippen LogP) is 0.840. The molecular weight excluding hydrogens is 336 g/mol. The summed E-state index contributed by atoms with van der Waals surface area (Å²) in [4.78, 5) is 44.9. The molecule has 2 saturated heterocycles. The number of aromatic nitrogens is 2. The summed E-state index contributed by atoms with van der Waals surface area (Å²) in [5, 5.41) is 0.493. The third kappa shape index (κ3) is 2.53. The summed E-state index contributed by atoms with van der Waals surface area (Å²) < 4.78 is 6.53. The lowest BCUT2D eigenvalue weighted by atomic mass is 9.93. The highest BCUT2D eigenvalue weighted by molar-refractivity contribution is 5.79. The molecule has 1 aromatic heterocycles. The SMILES string of the molecule is CCC12COC(=O)N1CCN(C(=O)Cn1cnc3ccccc3c1=O)C2. The topological polar surface area (TPSA) is 84.7 Å². The number of nitrogens with zero attached hydrogens (tertiary/aromatic N) is 4. The van der Waals surface area contributed by atoms with Gasteiger partial charge in [0.2, 0.25) is 5.91 Å². The van der Waals surface area contributed by atoms with Crippen molar-refractivity contribution in [3.8, 4) is 0 Å². The third-order valence-electron chi connectivity index (χ3n) is 5.38. The van der Waals surface area contributed by atoms with Gasteiger partial charge in [0.05, 0.1) is 22.8 Å². The van der Waals surface area contributed by atoms with Crippen LogP contribution in [0.25, 0.3) is 10.9 Å². The molecule has 0 radical (unpaired) electrons. The van der Waals surface area contributed by atoms with Gasteiger partial charge in [-0.15, -0.1) is 0 Å². The average molecular weight is 356 g/mol. The molecule has 2 amide bonds. The maximum atomic E-state index is 12.8. The monoisotopic (exact) mass is 356 g/mol. The van der Waals surface area contributed by atoms with Crippen LogP contribution in [0.3, 0.4) is 0 Å². The number of carbonyl (C=O) groups is 2. The smallest absolute Gasteiger partial charge is 0.410 e. The maximum absolute atomic E-state index is 12.8. The van der Waals surface area contributed by atoms with E-state index >= 15 is 0 Å². The number of amides is 2. The van der Waals surface area contributed by atoms with E-state index in [1.54, 1.807) is 28.0 Å². The molecule has 0 saturated carbocycles. The summed E-state index contributed by atoms with van der Waals surface area (Å²) in [6.45, 7) is 3.52. The van der Waals surface area contributed by atoms with Crippen molar-refractivity contribution in [1.29, 1.82) is 0 Å². The lowest BCUT2D eigenvalue weighted by molar-refractivity contribution is -0.136. The largest absolute Gasteiger partial charge is 0.447 e. The molecular formula is C18H20N4O4. The van der Waals surface area contributed by atoms with E-state index in [1.165, 1.54) is 10.9 Å². The number of para-hydroxylation sites is 1. The van der Waals surface area contributed by atoms with Gasteiger partial charge < -0.3 is 9.64 Å². The lowest BCUT2D eigenvalue weighted by Crippen LogP contribution is -2.62. The van der Waals surface area contributed by atoms with Crippen LogP contribution in [0.2, 0.25) is 0 Å². The summed E-state index contributed by atoms with van der Waals surface area (Å²) in [6.07, 6.45) is 1.81. The number of rotatable bonds is 3. The first kappa shape index (κ1) is 16.6. The molecule has 2 aliphatic heterocycles. The highest BCUT2D eigenvalue weighted by Crippen LogP contribution is 2.31. The van der Waals surface area contributed by atoms with Crippen molar-refractivity contribution >= 4 is 22.9 Å². The van der Waals surface area contributed by atoms with Crippen LogP contribution >= 0.6 is 0 Å². The second-order valence-electron chi connectivity index (χ2n) is 6.79. The molecule has 1 unspecified atom stereocenters. The molecule has 1 aromatic carbocycles. The molecule has 8 heteroatoms. The Morgan fingerprint density at radius 1 is 1.27 bits per heavy atom. The Bertz CT molecular complexity index is 940. The number of hydrogen-bond acceptors (Lipinski definition) is 5. The Hall–Kier alpha value is -2.90. The summed E-state index contributed by atoms with van der Waals surface area (Å²) in [5.74, 6) is -0.156. The highest BCUT2D eigenvalue weighted by Gasteiger charge is 2.50. The molecule has 0 aliphatic carbocycles. The minimum absolute atomic E-state index is 0.0642. The van der Waals surface area contributed by atoms with Gasteiger partial charge in [-0.25, -0.2) is 9.78 Å². The minimum Gasteiger partial charge on any atom is -0.447 e. The van der Waals surface area contributed by atoms with Gasteiger partial charge in [0.15, 0.2) is 0 Å². The number of cyclic esters (lactones) is 1. The van der Waals surface area contributed by atoms with Crippen LogP contribution in [0, 0.1) is 0 Å². The first-order chi connectivity index (χ1) is 12.5. The molecule has 26 heavy (non-hydrogen) atoms. The zero-order valence-electron chi connectivity index (χ0n) is 14.6. The quantitative estimate of drug-likeness (QED) is 0.814. The van der Waals surface area contributed by atoms with Gasteiger partial charge in [-0.1, -0.05) is 19.1 Å². The summed E-state index contributed by atoms with van der Waals surface area (Å²) >= 11 is 0. The molecule has 8 nitrogen and oxygen atoms in total. The number of fused-ring (bicyclic) bond motifs is 2. The van der Waals surface area contributed by atoms with Crippen LogP contribution in [-0.2, 0) is 16.1 Å². The van der Waals surface area contributed by atoms with Crippen molar-refractivity contribution in [3.63, 3.8) is 0 Å². The fraction of sp³-hybridized carbons (Fsp3) is 0.444. The van der Waals surface area contributed by atoms with Gasteiger partial charge in [0, 0.05) is 19.6 Å². The van der Waals surface area contributed by atoms with Crippen LogP contribution in [-0.4, -0.2) is 63.1 Å². The second-order valence-corrected chi connectivity index (χ2v) is 6.79. The predicted molar refractivity (Wildman–Crippen MR) is 93.7 cm³/mol. The molecule has 4 rings (SSSR count). The van der Waals surface area contributed by atoms with E-state index in [-0.39, 0.29) is 24.1 Å². The Labute approximate surface area is 150 Å². The minimum atomic E-state index is -0.461. The van der Waals surface area contributed by atoms with E-state index in [0.29, 0.717) is 43.6 Å². The average Bonchev–Trinajstić information content (AvgIpc) is 3.01.